The third-order valence-corrected chi connectivity index (χ3v) is 5.89. The van der Waals surface area contributed by atoms with Gasteiger partial charge in [0, 0.05) is 42.2 Å². The van der Waals surface area contributed by atoms with Crippen LogP contribution in [-0.4, -0.2) is 52.2 Å². The van der Waals surface area contributed by atoms with Crippen LogP contribution < -0.4 is 10.5 Å². The summed E-state index contributed by atoms with van der Waals surface area (Å²) in [5, 5.41) is 9.31. The summed E-state index contributed by atoms with van der Waals surface area (Å²) in [4.78, 5) is 33.4. The van der Waals surface area contributed by atoms with E-state index in [1.54, 1.807) is 29.3 Å². The van der Waals surface area contributed by atoms with E-state index in [2.05, 4.69) is 36.0 Å². The van der Waals surface area contributed by atoms with Crippen LogP contribution in [0.4, 0.5) is 5.82 Å². The quantitative estimate of drug-likeness (QED) is 0.405. The van der Waals surface area contributed by atoms with E-state index in [1.807, 2.05) is 36.4 Å². The minimum atomic E-state index is -0.622. The second kappa shape index (κ2) is 8.51. The fraction of sp³-hybridized carbons (Fsp3) is 0.174. The van der Waals surface area contributed by atoms with E-state index in [-0.39, 0.29) is 11.5 Å². The lowest BCUT2D eigenvalue weighted by Crippen LogP contribution is -2.49. The molecular formula is C23H18BrN5O3. The van der Waals surface area contributed by atoms with Crippen LogP contribution >= 0.6 is 15.9 Å². The number of hydrogen-bond donors (Lipinski definition) is 0. The molecule has 8 nitrogen and oxygen atoms in total. The molecule has 1 saturated heterocycles. The van der Waals surface area contributed by atoms with Gasteiger partial charge in [0.1, 0.15) is 16.8 Å². The van der Waals surface area contributed by atoms with Gasteiger partial charge in [-0.1, -0.05) is 22.0 Å². The zero-order valence-corrected chi connectivity index (χ0v) is 18.5. The Kier molecular flexibility index (Phi) is 5.40. The summed E-state index contributed by atoms with van der Waals surface area (Å²) in [6.07, 6.45) is 1.72. The number of aromatic nitrogens is 3. The Hall–Kier alpha value is -3.59. The lowest BCUT2D eigenvalue weighted by atomic mass is 10.1. The average molecular weight is 492 g/mol. The Balaban J connectivity index is 1.28. The van der Waals surface area contributed by atoms with Crippen molar-refractivity contribution in [1.29, 1.82) is 0 Å². The van der Waals surface area contributed by atoms with Gasteiger partial charge in [0.05, 0.1) is 5.69 Å². The number of halogens is 1. The second-order valence-corrected chi connectivity index (χ2v) is 8.32. The van der Waals surface area contributed by atoms with Gasteiger partial charge in [-0.2, -0.15) is 0 Å². The summed E-state index contributed by atoms with van der Waals surface area (Å²) in [6.45, 7) is 2.12. The van der Waals surface area contributed by atoms with Crippen LogP contribution in [0.1, 0.15) is 10.4 Å². The standard InChI is InChI=1S/C23H18BrN5O3/c24-16-4-6-20-15(13-16)14-17(23(31)32-20)22(30)29-11-9-28(10-12-29)21-7-5-19(26-27-21)18-3-1-2-8-25-18/h1-8,13-14H,9-12H2. The fourth-order valence-corrected chi connectivity index (χ4v) is 4.08. The zero-order valence-electron chi connectivity index (χ0n) is 16.9. The lowest BCUT2D eigenvalue weighted by Gasteiger charge is -2.35. The number of rotatable bonds is 3. The van der Waals surface area contributed by atoms with Gasteiger partial charge in [0.25, 0.3) is 5.91 Å². The number of amides is 1. The van der Waals surface area contributed by atoms with Crippen LogP contribution in [-0.2, 0) is 0 Å². The molecule has 0 unspecified atom stereocenters. The van der Waals surface area contributed by atoms with Crippen molar-refractivity contribution in [3.05, 3.63) is 81.3 Å². The maximum atomic E-state index is 13.0. The molecule has 0 N–H and O–H groups in total. The summed E-state index contributed by atoms with van der Waals surface area (Å²) in [7, 11) is 0. The summed E-state index contributed by atoms with van der Waals surface area (Å²) < 4.78 is 6.19. The van der Waals surface area contributed by atoms with E-state index in [9.17, 15) is 9.59 Å². The molecule has 5 rings (SSSR count). The Bertz CT molecular complexity index is 1330. The highest BCUT2D eigenvalue weighted by molar-refractivity contribution is 9.10. The molecule has 160 valence electrons. The molecule has 1 fully saturated rings. The van der Waals surface area contributed by atoms with Crippen molar-refractivity contribution in [2.75, 3.05) is 31.1 Å². The molecule has 1 aliphatic rings. The van der Waals surface area contributed by atoms with Crippen LogP contribution in [0, 0.1) is 0 Å². The molecule has 9 heteroatoms. The smallest absolute Gasteiger partial charge is 0.349 e. The van der Waals surface area contributed by atoms with Crippen molar-refractivity contribution in [2.24, 2.45) is 0 Å². The maximum Gasteiger partial charge on any atom is 0.349 e. The molecule has 0 saturated carbocycles. The van der Waals surface area contributed by atoms with Gasteiger partial charge in [-0.15, -0.1) is 10.2 Å². The topological polar surface area (TPSA) is 92.4 Å². The molecule has 1 aromatic carbocycles. The Morgan fingerprint density at radius 1 is 0.938 bits per heavy atom. The first kappa shape index (κ1) is 20.3. The number of benzene rings is 1. The number of pyridine rings is 1. The molecular weight excluding hydrogens is 474 g/mol. The van der Waals surface area contributed by atoms with Crippen molar-refractivity contribution in [1.82, 2.24) is 20.1 Å². The number of hydrogen-bond acceptors (Lipinski definition) is 7. The third kappa shape index (κ3) is 3.99. The number of piperazine rings is 1. The number of anilines is 1. The van der Waals surface area contributed by atoms with Crippen molar-refractivity contribution in [3.63, 3.8) is 0 Å². The first-order valence-electron chi connectivity index (χ1n) is 10.1. The van der Waals surface area contributed by atoms with Crippen molar-refractivity contribution in [3.8, 4) is 11.4 Å². The van der Waals surface area contributed by atoms with Crippen molar-refractivity contribution < 1.29 is 9.21 Å². The van der Waals surface area contributed by atoms with E-state index in [4.69, 9.17) is 4.42 Å². The summed E-state index contributed by atoms with van der Waals surface area (Å²) in [5.41, 5.74) is 1.35. The zero-order chi connectivity index (χ0) is 22.1. The van der Waals surface area contributed by atoms with Crippen LogP contribution in [0.25, 0.3) is 22.4 Å². The first-order valence-corrected chi connectivity index (χ1v) is 10.9. The number of carbonyl (C=O) groups is 1. The summed E-state index contributed by atoms with van der Waals surface area (Å²) in [5.74, 6) is 0.420. The van der Waals surface area contributed by atoms with Gasteiger partial charge in [-0.25, -0.2) is 4.79 Å². The molecule has 0 spiro atoms. The molecule has 32 heavy (non-hydrogen) atoms. The molecule has 4 aromatic rings. The maximum absolute atomic E-state index is 13.0. The minimum Gasteiger partial charge on any atom is -0.422 e. The van der Waals surface area contributed by atoms with E-state index < -0.39 is 5.63 Å². The van der Waals surface area contributed by atoms with Gasteiger partial charge in [0.2, 0.25) is 0 Å². The Morgan fingerprint density at radius 2 is 1.78 bits per heavy atom. The van der Waals surface area contributed by atoms with E-state index >= 15 is 0 Å². The van der Waals surface area contributed by atoms with Crippen LogP contribution in [0.3, 0.4) is 0 Å². The Labute approximate surface area is 191 Å². The van der Waals surface area contributed by atoms with Gasteiger partial charge in [-0.05, 0) is 48.5 Å². The van der Waals surface area contributed by atoms with E-state index in [0.717, 1.165) is 16.0 Å². The first-order chi connectivity index (χ1) is 15.6. The normalized spacial score (nSPS) is 14.0. The molecule has 1 amide bonds. The summed E-state index contributed by atoms with van der Waals surface area (Å²) >= 11 is 3.40. The lowest BCUT2D eigenvalue weighted by molar-refractivity contribution is 0.0742. The van der Waals surface area contributed by atoms with Crippen molar-refractivity contribution in [2.45, 2.75) is 0 Å². The molecule has 0 radical (unpaired) electrons. The number of carbonyl (C=O) groups excluding carboxylic acids is 1. The fourth-order valence-electron chi connectivity index (χ4n) is 3.70. The minimum absolute atomic E-state index is 0.0450. The molecule has 1 aliphatic heterocycles. The largest absolute Gasteiger partial charge is 0.422 e. The third-order valence-electron chi connectivity index (χ3n) is 5.39. The van der Waals surface area contributed by atoms with Crippen molar-refractivity contribution >= 4 is 38.6 Å². The molecule has 3 aromatic heterocycles. The van der Waals surface area contributed by atoms with E-state index in [1.165, 1.54) is 0 Å². The second-order valence-electron chi connectivity index (χ2n) is 7.40. The van der Waals surface area contributed by atoms with Gasteiger partial charge in [0.15, 0.2) is 5.82 Å². The van der Waals surface area contributed by atoms with Gasteiger partial charge >= 0.3 is 5.63 Å². The van der Waals surface area contributed by atoms with Gasteiger partial charge in [-0.3, -0.25) is 9.78 Å². The van der Waals surface area contributed by atoms with Crippen LogP contribution in [0.2, 0.25) is 0 Å². The van der Waals surface area contributed by atoms with Gasteiger partial charge < -0.3 is 14.2 Å². The predicted octanol–water partition coefficient (Wildman–Crippen LogP) is 3.37. The highest BCUT2D eigenvalue weighted by Gasteiger charge is 2.25. The van der Waals surface area contributed by atoms with Crippen LogP contribution in [0.15, 0.2) is 74.5 Å². The number of fused-ring (bicyclic) bond motifs is 1. The predicted molar refractivity (Wildman–Crippen MR) is 124 cm³/mol. The van der Waals surface area contributed by atoms with E-state index in [0.29, 0.717) is 42.8 Å². The molecule has 0 bridgehead atoms. The molecule has 4 heterocycles. The highest BCUT2D eigenvalue weighted by atomic mass is 79.9. The number of nitrogens with zero attached hydrogens (tertiary/aromatic N) is 5. The molecule has 0 atom stereocenters. The average Bonchev–Trinajstić information content (AvgIpc) is 2.84. The SMILES string of the molecule is O=C(c1cc2cc(Br)ccc2oc1=O)N1CCN(c2ccc(-c3ccccn3)nn2)CC1. The van der Waals surface area contributed by atoms with Crippen LogP contribution in [0.5, 0.6) is 0 Å². The highest BCUT2D eigenvalue weighted by Crippen LogP contribution is 2.21. The monoisotopic (exact) mass is 491 g/mol. The summed E-state index contributed by atoms with van der Waals surface area (Å²) in [6, 6.07) is 16.4. The molecule has 0 aliphatic carbocycles. The Morgan fingerprint density at radius 3 is 2.50 bits per heavy atom.